The van der Waals surface area contributed by atoms with E-state index in [0.29, 0.717) is 12.0 Å². The van der Waals surface area contributed by atoms with Gasteiger partial charge in [-0.05, 0) is 51.0 Å². The van der Waals surface area contributed by atoms with Gasteiger partial charge in [-0.2, -0.15) is 0 Å². The Morgan fingerprint density at radius 1 is 1.19 bits per heavy atom. The Morgan fingerprint density at radius 2 is 1.81 bits per heavy atom. The van der Waals surface area contributed by atoms with Crippen molar-refractivity contribution in [1.82, 2.24) is 0 Å². The molecule has 0 fully saturated rings. The molecule has 1 aromatic carbocycles. The summed E-state index contributed by atoms with van der Waals surface area (Å²) in [6.45, 7) is 7.23. The normalized spacial score (nSPS) is 25.5. The molecule has 0 radical (unpaired) electrons. The van der Waals surface area contributed by atoms with Crippen molar-refractivity contribution in [3.8, 4) is 11.8 Å². The van der Waals surface area contributed by atoms with Gasteiger partial charge in [-0.3, -0.25) is 4.79 Å². The van der Waals surface area contributed by atoms with Crippen LogP contribution in [0, 0.1) is 24.2 Å². The molecule has 0 saturated carbocycles. The van der Waals surface area contributed by atoms with Crippen LogP contribution in [0.4, 0.5) is 0 Å². The SMILES string of the molecule is CCCCC#C[C@@]1(C)CC(=O)C=C(C)[C@]1(O)CS(=O)(=O)c1ccc(C)cc1. The first-order chi connectivity index (χ1) is 12.5. The van der Waals surface area contributed by atoms with E-state index in [0.717, 1.165) is 18.4 Å². The van der Waals surface area contributed by atoms with E-state index < -0.39 is 26.6 Å². The summed E-state index contributed by atoms with van der Waals surface area (Å²) < 4.78 is 26.0. The molecule has 146 valence electrons. The average Bonchev–Trinajstić information content (AvgIpc) is 2.57. The van der Waals surface area contributed by atoms with Gasteiger partial charge >= 0.3 is 0 Å². The van der Waals surface area contributed by atoms with Crippen molar-refractivity contribution < 1.29 is 18.3 Å². The number of carbonyl (C=O) groups excluding carboxylic acids is 1. The Kier molecular flexibility index (Phi) is 6.34. The maximum atomic E-state index is 13.0. The number of benzene rings is 1. The summed E-state index contributed by atoms with van der Waals surface area (Å²) in [4.78, 5) is 12.3. The van der Waals surface area contributed by atoms with Crippen molar-refractivity contribution >= 4 is 15.6 Å². The molecule has 0 spiro atoms. The predicted octanol–water partition coefficient (Wildman–Crippen LogP) is 3.62. The van der Waals surface area contributed by atoms with Gasteiger partial charge in [0.25, 0.3) is 0 Å². The molecule has 1 aromatic rings. The third kappa shape index (κ3) is 4.51. The zero-order valence-corrected chi connectivity index (χ0v) is 17.3. The highest BCUT2D eigenvalue weighted by molar-refractivity contribution is 7.91. The van der Waals surface area contributed by atoms with Gasteiger partial charge in [0.2, 0.25) is 0 Å². The fourth-order valence-corrected chi connectivity index (χ4v) is 5.20. The lowest BCUT2D eigenvalue weighted by Crippen LogP contribution is -2.54. The van der Waals surface area contributed by atoms with Crippen molar-refractivity contribution in [2.45, 2.75) is 63.9 Å². The van der Waals surface area contributed by atoms with Gasteiger partial charge in [0.05, 0.1) is 16.1 Å². The summed E-state index contributed by atoms with van der Waals surface area (Å²) in [5.74, 6) is 5.44. The first-order valence-corrected chi connectivity index (χ1v) is 10.9. The van der Waals surface area contributed by atoms with Gasteiger partial charge in [0, 0.05) is 12.8 Å². The average molecular weight is 389 g/mol. The largest absolute Gasteiger partial charge is 0.383 e. The zero-order chi connectivity index (χ0) is 20.3. The summed E-state index contributed by atoms with van der Waals surface area (Å²) in [5, 5.41) is 11.5. The third-order valence-electron chi connectivity index (χ3n) is 5.27. The summed E-state index contributed by atoms with van der Waals surface area (Å²) in [7, 11) is -3.76. The fourth-order valence-electron chi connectivity index (χ4n) is 3.39. The monoisotopic (exact) mass is 388 g/mol. The number of aliphatic hydroxyl groups is 1. The third-order valence-corrected chi connectivity index (χ3v) is 7.06. The number of unbranched alkanes of at least 4 members (excludes halogenated alkanes) is 2. The second kappa shape index (κ2) is 8.00. The standard InChI is InChI=1S/C22H28O4S/c1-5-6-7-8-13-21(4)15-19(23)14-18(3)22(21,24)16-27(25,26)20-11-9-17(2)10-12-20/h9-12,14,24H,5-7,15-16H2,1-4H3/t21-,22+/m0/s1. The van der Waals surface area contributed by atoms with Crippen LogP contribution in [0.15, 0.2) is 40.8 Å². The summed E-state index contributed by atoms with van der Waals surface area (Å²) in [6, 6.07) is 6.55. The smallest absolute Gasteiger partial charge is 0.181 e. The number of sulfone groups is 1. The molecule has 2 atom stereocenters. The molecule has 1 aliphatic rings. The highest BCUT2D eigenvalue weighted by Crippen LogP contribution is 2.44. The topological polar surface area (TPSA) is 71.4 Å². The molecule has 0 saturated heterocycles. The molecule has 0 amide bonds. The van der Waals surface area contributed by atoms with Crippen molar-refractivity contribution in [3.05, 3.63) is 41.5 Å². The lowest BCUT2D eigenvalue weighted by Gasteiger charge is -2.44. The van der Waals surface area contributed by atoms with Crippen LogP contribution in [-0.4, -0.2) is 30.7 Å². The van der Waals surface area contributed by atoms with E-state index in [-0.39, 0.29) is 17.1 Å². The number of rotatable bonds is 5. The van der Waals surface area contributed by atoms with E-state index in [1.165, 1.54) is 6.08 Å². The van der Waals surface area contributed by atoms with E-state index >= 15 is 0 Å². The number of hydrogen-bond acceptors (Lipinski definition) is 4. The Balaban J connectivity index is 2.46. The van der Waals surface area contributed by atoms with Crippen LogP contribution >= 0.6 is 0 Å². The minimum absolute atomic E-state index is 0.00336. The quantitative estimate of drug-likeness (QED) is 0.618. The number of aryl methyl sites for hydroxylation is 1. The van der Waals surface area contributed by atoms with Gasteiger partial charge in [0.1, 0.15) is 5.60 Å². The first-order valence-electron chi connectivity index (χ1n) is 9.27. The first kappa shape index (κ1) is 21.4. The lowest BCUT2D eigenvalue weighted by atomic mass is 9.64. The molecule has 0 unspecified atom stereocenters. The van der Waals surface area contributed by atoms with Gasteiger partial charge in [-0.1, -0.05) is 37.0 Å². The Bertz CT molecular complexity index is 900. The van der Waals surface area contributed by atoms with E-state index in [1.807, 2.05) is 6.92 Å². The minimum atomic E-state index is -3.76. The van der Waals surface area contributed by atoms with Gasteiger partial charge < -0.3 is 5.11 Å². The minimum Gasteiger partial charge on any atom is -0.383 e. The number of allylic oxidation sites excluding steroid dienone is 1. The van der Waals surface area contributed by atoms with Gasteiger partial charge in [-0.15, -0.1) is 5.92 Å². The predicted molar refractivity (Wildman–Crippen MR) is 107 cm³/mol. The van der Waals surface area contributed by atoms with Crippen LogP contribution in [0.3, 0.4) is 0 Å². The maximum Gasteiger partial charge on any atom is 0.181 e. The number of ketones is 1. The van der Waals surface area contributed by atoms with E-state index in [1.54, 1.807) is 38.1 Å². The van der Waals surface area contributed by atoms with Crippen molar-refractivity contribution in [2.24, 2.45) is 5.41 Å². The molecule has 0 aromatic heterocycles. The van der Waals surface area contributed by atoms with Crippen LogP contribution in [0.5, 0.6) is 0 Å². The molecule has 27 heavy (non-hydrogen) atoms. The van der Waals surface area contributed by atoms with Crippen LogP contribution in [-0.2, 0) is 14.6 Å². The molecular formula is C22H28O4S. The molecular weight excluding hydrogens is 360 g/mol. The van der Waals surface area contributed by atoms with Crippen LogP contribution in [0.25, 0.3) is 0 Å². The zero-order valence-electron chi connectivity index (χ0n) is 16.5. The molecule has 1 N–H and O–H groups in total. The molecule has 0 heterocycles. The van der Waals surface area contributed by atoms with Crippen LogP contribution in [0.2, 0.25) is 0 Å². The molecule has 0 aliphatic heterocycles. The van der Waals surface area contributed by atoms with Crippen molar-refractivity contribution in [2.75, 3.05) is 5.75 Å². The van der Waals surface area contributed by atoms with Gasteiger partial charge in [0.15, 0.2) is 15.6 Å². The number of hydrogen-bond donors (Lipinski definition) is 1. The van der Waals surface area contributed by atoms with Crippen LogP contribution < -0.4 is 0 Å². The molecule has 4 nitrogen and oxygen atoms in total. The lowest BCUT2D eigenvalue weighted by molar-refractivity contribution is -0.120. The van der Waals surface area contributed by atoms with Crippen molar-refractivity contribution in [1.29, 1.82) is 0 Å². The Hall–Kier alpha value is -1.90. The maximum absolute atomic E-state index is 13.0. The second-order valence-corrected chi connectivity index (χ2v) is 9.63. The summed E-state index contributed by atoms with van der Waals surface area (Å²) in [5.41, 5.74) is -1.56. The summed E-state index contributed by atoms with van der Waals surface area (Å²) in [6.07, 6.45) is 3.93. The fraction of sp³-hybridized carbons (Fsp3) is 0.500. The van der Waals surface area contributed by atoms with Gasteiger partial charge in [-0.25, -0.2) is 8.42 Å². The van der Waals surface area contributed by atoms with E-state index in [9.17, 15) is 18.3 Å². The van der Waals surface area contributed by atoms with E-state index in [2.05, 4.69) is 18.8 Å². The van der Waals surface area contributed by atoms with Crippen molar-refractivity contribution in [3.63, 3.8) is 0 Å². The van der Waals surface area contributed by atoms with E-state index in [4.69, 9.17) is 0 Å². The highest BCUT2D eigenvalue weighted by Gasteiger charge is 2.53. The Morgan fingerprint density at radius 3 is 2.41 bits per heavy atom. The Labute approximate surface area is 162 Å². The van der Waals surface area contributed by atoms with Crippen LogP contribution in [0.1, 0.15) is 52.0 Å². The summed E-state index contributed by atoms with van der Waals surface area (Å²) >= 11 is 0. The second-order valence-electron chi connectivity index (χ2n) is 7.64. The molecule has 1 aliphatic carbocycles. The number of carbonyl (C=O) groups is 1. The molecule has 0 bridgehead atoms. The molecule has 5 heteroatoms. The highest BCUT2D eigenvalue weighted by atomic mass is 32.2. The molecule has 2 rings (SSSR count).